The first-order chi connectivity index (χ1) is 11.5. The van der Waals surface area contributed by atoms with Gasteiger partial charge in [0.1, 0.15) is 0 Å². The summed E-state index contributed by atoms with van der Waals surface area (Å²) in [7, 11) is 1.67. The Balaban J connectivity index is 1.67. The molecule has 0 aromatic heterocycles. The second-order valence-electron chi connectivity index (χ2n) is 7.37. The second kappa shape index (κ2) is 9.04. The zero-order valence-electron chi connectivity index (χ0n) is 14.6. The number of amides is 2. The molecule has 0 unspecified atom stereocenters. The Hall–Kier alpha value is -1.59. The van der Waals surface area contributed by atoms with Crippen molar-refractivity contribution in [2.24, 2.45) is 11.8 Å². The number of carbonyl (C=O) groups is 3. The van der Waals surface area contributed by atoms with Gasteiger partial charge in [0.2, 0.25) is 11.8 Å². The summed E-state index contributed by atoms with van der Waals surface area (Å²) in [6, 6.07) is 0.187. The zero-order valence-corrected chi connectivity index (χ0v) is 14.6. The molecule has 2 amide bonds. The largest absolute Gasteiger partial charge is 0.481 e. The van der Waals surface area contributed by atoms with Gasteiger partial charge in [-0.1, -0.05) is 12.8 Å². The molecule has 0 aromatic rings. The molecule has 2 saturated carbocycles. The van der Waals surface area contributed by atoms with Gasteiger partial charge < -0.3 is 15.3 Å². The molecule has 2 aliphatic rings. The standard InChI is InChI=1S/C18H30N2O4/c1-20(11-10-17(22)23)18(24)14-6-8-15(9-7-14)19-16(21)12-13-4-2-3-5-13/h13-15H,2-12H2,1H3,(H,19,21)(H,22,23). The molecule has 0 aromatic carbocycles. The fraction of sp³-hybridized carbons (Fsp3) is 0.833. The Morgan fingerprint density at radius 2 is 1.67 bits per heavy atom. The Kier molecular flexibility index (Phi) is 7.06. The molecule has 0 spiro atoms. The third-order valence-corrected chi connectivity index (χ3v) is 5.43. The van der Waals surface area contributed by atoms with Crippen LogP contribution in [0.4, 0.5) is 0 Å². The Bertz CT molecular complexity index is 452. The number of carboxylic acid groups (broad SMARTS) is 1. The smallest absolute Gasteiger partial charge is 0.305 e. The summed E-state index contributed by atoms with van der Waals surface area (Å²) in [5.41, 5.74) is 0. The van der Waals surface area contributed by atoms with Crippen LogP contribution in [-0.2, 0) is 14.4 Å². The maximum atomic E-state index is 12.3. The highest BCUT2D eigenvalue weighted by molar-refractivity contribution is 5.79. The van der Waals surface area contributed by atoms with Crippen molar-refractivity contribution in [3.05, 3.63) is 0 Å². The highest BCUT2D eigenvalue weighted by atomic mass is 16.4. The van der Waals surface area contributed by atoms with E-state index in [1.807, 2.05) is 0 Å². The molecule has 0 saturated heterocycles. The van der Waals surface area contributed by atoms with E-state index in [0.29, 0.717) is 12.3 Å². The lowest BCUT2D eigenvalue weighted by atomic mass is 9.85. The molecule has 2 rings (SSSR count). The van der Waals surface area contributed by atoms with Crippen molar-refractivity contribution >= 4 is 17.8 Å². The third-order valence-electron chi connectivity index (χ3n) is 5.43. The number of nitrogens with zero attached hydrogens (tertiary/aromatic N) is 1. The molecule has 0 heterocycles. The predicted octanol–water partition coefficient (Wildman–Crippen LogP) is 2.17. The number of carbonyl (C=O) groups excluding carboxylic acids is 2. The van der Waals surface area contributed by atoms with E-state index in [2.05, 4.69) is 5.32 Å². The molecule has 0 bridgehead atoms. The van der Waals surface area contributed by atoms with E-state index in [1.54, 1.807) is 7.05 Å². The first-order valence-electron chi connectivity index (χ1n) is 9.22. The van der Waals surface area contributed by atoms with Gasteiger partial charge in [0.05, 0.1) is 6.42 Å². The van der Waals surface area contributed by atoms with Crippen molar-refractivity contribution in [1.82, 2.24) is 10.2 Å². The summed E-state index contributed by atoms with van der Waals surface area (Å²) < 4.78 is 0. The Labute approximate surface area is 144 Å². The van der Waals surface area contributed by atoms with Crippen molar-refractivity contribution in [3.8, 4) is 0 Å². The van der Waals surface area contributed by atoms with Crippen LogP contribution in [0.3, 0.4) is 0 Å². The first-order valence-corrected chi connectivity index (χ1v) is 9.22. The van der Waals surface area contributed by atoms with E-state index in [9.17, 15) is 14.4 Å². The van der Waals surface area contributed by atoms with Crippen molar-refractivity contribution in [2.75, 3.05) is 13.6 Å². The quantitative estimate of drug-likeness (QED) is 0.745. The van der Waals surface area contributed by atoms with Gasteiger partial charge in [0.25, 0.3) is 0 Å². The number of aliphatic carboxylic acids is 1. The van der Waals surface area contributed by atoms with Crippen molar-refractivity contribution < 1.29 is 19.5 Å². The van der Waals surface area contributed by atoms with Crippen LogP contribution in [0.2, 0.25) is 0 Å². The van der Waals surface area contributed by atoms with Crippen molar-refractivity contribution in [3.63, 3.8) is 0 Å². The van der Waals surface area contributed by atoms with Crippen LogP contribution in [0.25, 0.3) is 0 Å². The van der Waals surface area contributed by atoms with Crippen LogP contribution in [0.15, 0.2) is 0 Å². The molecular formula is C18H30N2O4. The minimum atomic E-state index is -0.886. The van der Waals surface area contributed by atoms with Crippen LogP contribution in [0.5, 0.6) is 0 Å². The molecule has 0 aliphatic heterocycles. The number of nitrogens with one attached hydrogen (secondary N) is 1. The summed E-state index contributed by atoms with van der Waals surface area (Å²) >= 11 is 0. The average molecular weight is 338 g/mol. The summed E-state index contributed by atoms with van der Waals surface area (Å²) in [4.78, 5) is 36.5. The summed E-state index contributed by atoms with van der Waals surface area (Å²) in [5, 5.41) is 11.8. The maximum Gasteiger partial charge on any atom is 0.305 e. The molecule has 2 N–H and O–H groups in total. The summed E-state index contributed by atoms with van der Waals surface area (Å²) in [6.45, 7) is 0.256. The van der Waals surface area contributed by atoms with Crippen molar-refractivity contribution in [2.45, 2.75) is 70.3 Å². The van der Waals surface area contributed by atoms with Gasteiger partial charge in [-0.15, -0.1) is 0 Å². The van der Waals surface area contributed by atoms with E-state index >= 15 is 0 Å². The molecule has 6 heteroatoms. The molecule has 0 atom stereocenters. The Morgan fingerprint density at radius 1 is 1.04 bits per heavy atom. The fourth-order valence-electron chi connectivity index (χ4n) is 3.93. The SMILES string of the molecule is CN(CCC(=O)O)C(=O)C1CCC(NC(=O)CC2CCCC2)CC1. The second-order valence-corrected chi connectivity index (χ2v) is 7.37. The van der Waals surface area contributed by atoms with E-state index in [-0.39, 0.29) is 36.7 Å². The van der Waals surface area contributed by atoms with Gasteiger partial charge >= 0.3 is 5.97 Å². The van der Waals surface area contributed by atoms with Crippen LogP contribution in [0.1, 0.15) is 64.2 Å². The predicted molar refractivity (Wildman–Crippen MR) is 90.4 cm³/mol. The summed E-state index contributed by atoms with van der Waals surface area (Å²) in [5.74, 6) is -0.164. The van der Waals surface area contributed by atoms with Crippen LogP contribution in [0, 0.1) is 11.8 Å². The number of hydrogen-bond acceptors (Lipinski definition) is 3. The minimum absolute atomic E-state index is 0.0190. The summed E-state index contributed by atoms with van der Waals surface area (Å²) in [6.07, 6.45) is 8.69. The molecule has 0 radical (unpaired) electrons. The minimum Gasteiger partial charge on any atom is -0.481 e. The van der Waals surface area contributed by atoms with Crippen LogP contribution >= 0.6 is 0 Å². The monoisotopic (exact) mass is 338 g/mol. The van der Waals surface area contributed by atoms with Gasteiger partial charge in [-0.2, -0.15) is 0 Å². The molecular weight excluding hydrogens is 308 g/mol. The maximum absolute atomic E-state index is 12.3. The zero-order chi connectivity index (χ0) is 17.5. The first kappa shape index (κ1) is 18.7. The van der Waals surface area contributed by atoms with Crippen LogP contribution < -0.4 is 5.32 Å². The Morgan fingerprint density at radius 3 is 2.25 bits per heavy atom. The topological polar surface area (TPSA) is 86.7 Å². The van der Waals surface area contributed by atoms with E-state index < -0.39 is 5.97 Å². The van der Waals surface area contributed by atoms with Gasteiger partial charge in [-0.25, -0.2) is 0 Å². The molecule has 2 aliphatic carbocycles. The molecule has 24 heavy (non-hydrogen) atoms. The highest BCUT2D eigenvalue weighted by Gasteiger charge is 2.29. The number of carboxylic acids is 1. The average Bonchev–Trinajstić information content (AvgIpc) is 3.05. The van der Waals surface area contributed by atoms with E-state index in [4.69, 9.17) is 5.11 Å². The lowest BCUT2D eigenvalue weighted by molar-refractivity contribution is -0.139. The van der Waals surface area contributed by atoms with Gasteiger partial charge in [0.15, 0.2) is 0 Å². The molecule has 6 nitrogen and oxygen atoms in total. The van der Waals surface area contributed by atoms with Gasteiger partial charge in [-0.3, -0.25) is 14.4 Å². The van der Waals surface area contributed by atoms with E-state index in [1.165, 1.54) is 30.6 Å². The van der Waals surface area contributed by atoms with Gasteiger partial charge in [0, 0.05) is 32.0 Å². The van der Waals surface area contributed by atoms with E-state index in [0.717, 1.165) is 25.7 Å². The van der Waals surface area contributed by atoms with Crippen molar-refractivity contribution in [1.29, 1.82) is 0 Å². The number of rotatable bonds is 7. The fourth-order valence-corrected chi connectivity index (χ4v) is 3.93. The van der Waals surface area contributed by atoms with Gasteiger partial charge in [-0.05, 0) is 44.4 Å². The third kappa shape index (κ3) is 5.80. The highest BCUT2D eigenvalue weighted by Crippen LogP contribution is 2.29. The normalized spacial score (nSPS) is 24.5. The lowest BCUT2D eigenvalue weighted by Crippen LogP contribution is -2.42. The molecule has 136 valence electrons. The number of hydrogen-bond donors (Lipinski definition) is 2. The molecule has 2 fully saturated rings. The lowest BCUT2D eigenvalue weighted by Gasteiger charge is -2.31. The van der Waals surface area contributed by atoms with Crippen LogP contribution in [-0.4, -0.2) is 47.4 Å².